The van der Waals surface area contributed by atoms with E-state index >= 15 is 0 Å². The van der Waals surface area contributed by atoms with Gasteiger partial charge in [-0.2, -0.15) is 4.31 Å². The smallest absolute Gasteiger partial charge is 0.243 e. The lowest BCUT2D eigenvalue weighted by atomic mass is 9.82. The Kier molecular flexibility index (Phi) is 10.2. The number of para-hydroxylation sites is 1. The average Bonchev–Trinajstić information content (AvgIpc) is 3.00. The van der Waals surface area contributed by atoms with Gasteiger partial charge in [-0.1, -0.05) is 42.5 Å². The summed E-state index contributed by atoms with van der Waals surface area (Å²) >= 11 is 0. The molecule has 3 aromatic carbocycles. The third-order valence-electron chi connectivity index (χ3n) is 7.64. The van der Waals surface area contributed by atoms with E-state index in [1.807, 2.05) is 36.4 Å². The number of amides is 1. The van der Waals surface area contributed by atoms with Crippen LogP contribution in [0.5, 0.6) is 11.5 Å². The molecule has 214 valence electrons. The Balaban J connectivity index is 1.53. The number of sulfonamides is 1. The number of hydrogen-bond donors (Lipinski definition) is 2. The second-order valence-corrected chi connectivity index (χ2v) is 12.2. The lowest BCUT2D eigenvalue weighted by Gasteiger charge is -2.28. The molecule has 1 amide bonds. The number of ether oxygens (including phenoxy) is 2. The number of nitrogens with zero attached hydrogens (tertiary/aromatic N) is 1. The predicted molar refractivity (Wildman–Crippen MR) is 157 cm³/mol. The van der Waals surface area contributed by atoms with E-state index in [0.29, 0.717) is 36.2 Å². The summed E-state index contributed by atoms with van der Waals surface area (Å²) < 4.78 is 39.7. The van der Waals surface area contributed by atoms with Crippen molar-refractivity contribution in [3.8, 4) is 22.6 Å². The average molecular weight is 566 g/mol. The Labute approximate surface area is 237 Å². The highest BCUT2D eigenvalue weighted by Gasteiger charge is 2.28. The highest BCUT2D eigenvalue weighted by atomic mass is 32.2. The van der Waals surface area contributed by atoms with Gasteiger partial charge in [0.2, 0.25) is 15.9 Å². The van der Waals surface area contributed by atoms with Crippen molar-refractivity contribution in [2.45, 2.75) is 37.1 Å². The molecule has 0 spiro atoms. The summed E-state index contributed by atoms with van der Waals surface area (Å²) in [6.07, 6.45) is 4.17. The minimum absolute atomic E-state index is 0.000981. The van der Waals surface area contributed by atoms with Crippen LogP contribution in [0.4, 0.5) is 0 Å². The highest BCUT2D eigenvalue weighted by Crippen LogP contribution is 2.29. The van der Waals surface area contributed by atoms with Gasteiger partial charge in [0.1, 0.15) is 11.5 Å². The summed E-state index contributed by atoms with van der Waals surface area (Å²) in [5, 5.41) is 2.98. The standard InChI is InChI=1S/C31H39N3O5S/c1-38-28-8-5-7-26(18-28)25-14-16-29(17-15-25)40(36,37)34(21-27-6-3-4-9-30(27)39-2)22-31(35)33-20-24-12-10-23(19-32)11-13-24/h3-9,14-18,23-24H,10-13,19-22,32H2,1-2H3,(H,33,35). The lowest BCUT2D eigenvalue weighted by molar-refractivity contribution is -0.121. The van der Waals surface area contributed by atoms with Crippen molar-refractivity contribution in [2.24, 2.45) is 17.6 Å². The molecule has 3 N–H and O–H groups in total. The molecule has 1 aliphatic carbocycles. The van der Waals surface area contributed by atoms with Gasteiger partial charge in [0.15, 0.2) is 0 Å². The molecule has 0 saturated heterocycles. The van der Waals surface area contributed by atoms with E-state index in [9.17, 15) is 13.2 Å². The van der Waals surface area contributed by atoms with E-state index in [4.69, 9.17) is 15.2 Å². The Morgan fingerprint density at radius 1 is 0.900 bits per heavy atom. The van der Waals surface area contributed by atoms with Crippen molar-refractivity contribution < 1.29 is 22.7 Å². The Morgan fingerprint density at radius 3 is 2.27 bits per heavy atom. The van der Waals surface area contributed by atoms with Gasteiger partial charge in [0.25, 0.3) is 0 Å². The first-order chi connectivity index (χ1) is 19.3. The van der Waals surface area contributed by atoms with E-state index in [-0.39, 0.29) is 23.9 Å². The van der Waals surface area contributed by atoms with E-state index in [1.165, 1.54) is 4.31 Å². The van der Waals surface area contributed by atoms with Crippen LogP contribution >= 0.6 is 0 Å². The maximum Gasteiger partial charge on any atom is 0.243 e. The molecular formula is C31H39N3O5S. The van der Waals surface area contributed by atoms with E-state index in [1.54, 1.807) is 50.6 Å². The van der Waals surface area contributed by atoms with Crippen LogP contribution in [0.3, 0.4) is 0 Å². The van der Waals surface area contributed by atoms with Crippen LogP contribution in [-0.2, 0) is 21.4 Å². The molecular weight excluding hydrogens is 526 g/mol. The number of rotatable bonds is 12. The molecule has 1 fully saturated rings. The van der Waals surface area contributed by atoms with Crippen LogP contribution in [0, 0.1) is 11.8 Å². The quantitative estimate of drug-likeness (QED) is 0.336. The zero-order chi connectivity index (χ0) is 28.5. The Hall–Kier alpha value is -3.40. The molecule has 1 aliphatic rings. The molecule has 3 aromatic rings. The molecule has 40 heavy (non-hydrogen) atoms. The summed E-state index contributed by atoms with van der Waals surface area (Å²) in [5.41, 5.74) is 8.25. The van der Waals surface area contributed by atoms with Gasteiger partial charge >= 0.3 is 0 Å². The van der Waals surface area contributed by atoms with E-state index in [0.717, 1.165) is 42.6 Å². The van der Waals surface area contributed by atoms with Gasteiger partial charge in [0, 0.05) is 18.7 Å². The third-order valence-corrected chi connectivity index (χ3v) is 9.45. The van der Waals surface area contributed by atoms with Crippen molar-refractivity contribution in [1.82, 2.24) is 9.62 Å². The maximum absolute atomic E-state index is 13.9. The van der Waals surface area contributed by atoms with Crippen LogP contribution in [0.15, 0.2) is 77.7 Å². The normalized spacial score (nSPS) is 17.4. The molecule has 9 heteroatoms. The number of methoxy groups -OCH3 is 2. The molecule has 4 rings (SSSR count). The summed E-state index contributed by atoms with van der Waals surface area (Å²) in [6.45, 7) is 0.943. The fourth-order valence-electron chi connectivity index (χ4n) is 5.17. The summed E-state index contributed by atoms with van der Waals surface area (Å²) in [7, 11) is -0.859. The summed E-state index contributed by atoms with van der Waals surface area (Å²) in [6, 6.07) is 21.5. The second-order valence-electron chi connectivity index (χ2n) is 10.3. The van der Waals surface area contributed by atoms with Crippen molar-refractivity contribution >= 4 is 15.9 Å². The van der Waals surface area contributed by atoms with E-state index in [2.05, 4.69) is 5.32 Å². The Bertz CT molecular complexity index is 1370. The fourth-order valence-corrected chi connectivity index (χ4v) is 6.54. The number of nitrogens with one attached hydrogen (secondary N) is 1. The first kappa shape index (κ1) is 29.6. The number of hydrogen-bond acceptors (Lipinski definition) is 6. The van der Waals surface area contributed by atoms with Gasteiger partial charge in [0.05, 0.1) is 25.7 Å². The zero-order valence-electron chi connectivity index (χ0n) is 23.2. The van der Waals surface area contributed by atoms with Crippen LogP contribution in [-0.4, -0.2) is 52.5 Å². The molecule has 0 unspecified atom stereocenters. The van der Waals surface area contributed by atoms with Gasteiger partial charge < -0.3 is 20.5 Å². The first-order valence-electron chi connectivity index (χ1n) is 13.7. The molecule has 0 bridgehead atoms. The highest BCUT2D eigenvalue weighted by molar-refractivity contribution is 7.89. The Morgan fingerprint density at radius 2 is 1.60 bits per heavy atom. The molecule has 0 radical (unpaired) electrons. The molecule has 0 atom stereocenters. The van der Waals surface area contributed by atoms with E-state index < -0.39 is 10.0 Å². The topological polar surface area (TPSA) is 111 Å². The zero-order valence-corrected chi connectivity index (χ0v) is 24.0. The largest absolute Gasteiger partial charge is 0.497 e. The number of carbonyl (C=O) groups excluding carboxylic acids is 1. The van der Waals surface area contributed by atoms with Crippen molar-refractivity contribution in [2.75, 3.05) is 33.9 Å². The maximum atomic E-state index is 13.9. The van der Waals surface area contributed by atoms with Crippen molar-refractivity contribution in [1.29, 1.82) is 0 Å². The van der Waals surface area contributed by atoms with Gasteiger partial charge in [-0.15, -0.1) is 0 Å². The summed E-state index contributed by atoms with van der Waals surface area (Å²) in [5.74, 6) is 1.90. The molecule has 8 nitrogen and oxygen atoms in total. The van der Waals surface area contributed by atoms with Gasteiger partial charge in [-0.3, -0.25) is 4.79 Å². The van der Waals surface area contributed by atoms with Crippen LogP contribution < -0.4 is 20.5 Å². The van der Waals surface area contributed by atoms with Crippen LogP contribution in [0.1, 0.15) is 31.2 Å². The molecule has 1 saturated carbocycles. The van der Waals surface area contributed by atoms with Crippen molar-refractivity contribution in [3.05, 3.63) is 78.4 Å². The predicted octanol–water partition coefficient (Wildman–Crippen LogP) is 4.44. The minimum Gasteiger partial charge on any atom is -0.497 e. The van der Waals surface area contributed by atoms with Gasteiger partial charge in [-0.05, 0) is 85.5 Å². The minimum atomic E-state index is -4.01. The van der Waals surface area contributed by atoms with Gasteiger partial charge in [-0.25, -0.2) is 8.42 Å². The molecule has 0 heterocycles. The molecule has 0 aromatic heterocycles. The lowest BCUT2D eigenvalue weighted by Crippen LogP contribution is -2.42. The molecule has 0 aliphatic heterocycles. The monoisotopic (exact) mass is 565 g/mol. The second kappa shape index (κ2) is 13.8. The first-order valence-corrected chi connectivity index (χ1v) is 15.1. The van der Waals surface area contributed by atoms with Crippen LogP contribution in [0.2, 0.25) is 0 Å². The number of nitrogens with two attached hydrogens (primary N) is 1. The summed E-state index contributed by atoms with van der Waals surface area (Å²) in [4.78, 5) is 13.2. The number of benzene rings is 3. The van der Waals surface area contributed by atoms with Crippen molar-refractivity contribution in [3.63, 3.8) is 0 Å². The number of carbonyl (C=O) groups is 1. The third kappa shape index (κ3) is 7.41. The SMILES string of the molecule is COc1cccc(-c2ccc(S(=O)(=O)N(CC(=O)NCC3CCC(CN)CC3)Cc3ccccc3OC)cc2)c1. The fraction of sp³-hybridized carbons (Fsp3) is 0.387. The van der Waals surface area contributed by atoms with Crippen LogP contribution in [0.25, 0.3) is 11.1 Å².